The summed E-state index contributed by atoms with van der Waals surface area (Å²) in [5.74, 6) is 1.74. The van der Waals surface area contributed by atoms with Crippen LogP contribution in [0.15, 0.2) is 4.99 Å². The zero-order valence-corrected chi connectivity index (χ0v) is 15.4. The molecule has 0 spiro atoms. The Bertz CT molecular complexity index is 366. The van der Waals surface area contributed by atoms with Crippen molar-refractivity contribution in [3.63, 3.8) is 0 Å². The van der Waals surface area contributed by atoms with Gasteiger partial charge in [-0.3, -0.25) is 4.99 Å². The lowest BCUT2D eigenvalue weighted by Crippen LogP contribution is -2.41. The standard InChI is InChI=1S/C18H36N4O/c1-4-19-17(20-13-16-7-11-22(2)14-16)21-15-18(10-12-23-3)8-5-6-9-18/h16H,4-15H2,1-3H3,(H2,19,20,21). The topological polar surface area (TPSA) is 48.9 Å². The summed E-state index contributed by atoms with van der Waals surface area (Å²) in [4.78, 5) is 7.34. The van der Waals surface area contributed by atoms with Crippen molar-refractivity contribution in [3.05, 3.63) is 0 Å². The Hall–Kier alpha value is -0.810. The number of guanidine groups is 1. The van der Waals surface area contributed by atoms with Crippen molar-refractivity contribution in [2.75, 3.05) is 53.5 Å². The predicted molar refractivity (Wildman–Crippen MR) is 97.0 cm³/mol. The molecule has 2 aliphatic rings. The van der Waals surface area contributed by atoms with Gasteiger partial charge >= 0.3 is 0 Å². The van der Waals surface area contributed by atoms with Crippen LogP contribution >= 0.6 is 0 Å². The van der Waals surface area contributed by atoms with Gasteiger partial charge in [-0.05, 0) is 57.5 Å². The fourth-order valence-corrected chi connectivity index (χ4v) is 3.95. The number of hydrogen-bond acceptors (Lipinski definition) is 3. The van der Waals surface area contributed by atoms with Crippen LogP contribution in [-0.2, 0) is 4.74 Å². The molecule has 1 unspecified atom stereocenters. The normalized spacial score (nSPS) is 25.0. The predicted octanol–water partition coefficient (Wildman–Crippen LogP) is 2.09. The van der Waals surface area contributed by atoms with Gasteiger partial charge in [-0.15, -0.1) is 0 Å². The van der Waals surface area contributed by atoms with Gasteiger partial charge in [0.15, 0.2) is 5.96 Å². The lowest BCUT2D eigenvalue weighted by atomic mass is 9.83. The fraction of sp³-hybridized carbons (Fsp3) is 0.944. The molecule has 0 aromatic carbocycles. The van der Waals surface area contributed by atoms with Crippen LogP contribution < -0.4 is 10.6 Å². The molecule has 134 valence electrons. The third-order valence-corrected chi connectivity index (χ3v) is 5.46. The first kappa shape index (κ1) is 18.5. The van der Waals surface area contributed by atoms with Gasteiger partial charge in [0, 0.05) is 39.9 Å². The number of nitrogens with one attached hydrogen (secondary N) is 2. The molecule has 0 aromatic heterocycles. The molecule has 0 radical (unpaired) electrons. The first-order valence-electron chi connectivity index (χ1n) is 9.37. The second-order valence-electron chi connectivity index (χ2n) is 7.44. The molecule has 1 heterocycles. The Balaban J connectivity index is 1.86. The first-order valence-corrected chi connectivity index (χ1v) is 9.37. The summed E-state index contributed by atoms with van der Waals surface area (Å²) in [5, 5.41) is 6.97. The van der Waals surface area contributed by atoms with E-state index in [4.69, 9.17) is 9.73 Å². The minimum atomic E-state index is 0.367. The first-order chi connectivity index (χ1) is 11.2. The van der Waals surface area contributed by atoms with E-state index in [9.17, 15) is 0 Å². The molecule has 2 N–H and O–H groups in total. The van der Waals surface area contributed by atoms with E-state index in [1.54, 1.807) is 7.11 Å². The maximum Gasteiger partial charge on any atom is 0.191 e. The second-order valence-corrected chi connectivity index (χ2v) is 7.44. The maximum absolute atomic E-state index is 5.32. The van der Waals surface area contributed by atoms with E-state index in [0.717, 1.165) is 44.5 Å². The minimum Gasteiger partial charge on any atom is -0.385 e. The summed E-state index contributed by atoms with van der Waals surface area (Å²) >= 11 is 0. The number of likely N-dealkylation sites (tertiary alicyclic amines) is 1. The molecular weight excluding hydrogens is 288 g/mol. The van der Waals surface area contributed by atoms with Crippen molar-refractivity contribution >= 4 is 5.96 Å². The van der Waals surface area contributed by atoms with E-state index in [0.29, 0.717) is 5.41 Å². The molecule has 5 heteroatoms. The Morgan fingerprint density at radius 1 is 1.30 bits per heavy atom. The third kappa shape index (κ3) is 5.96. The Kier molecular flexibility index (Phi) is 7.63. The van der Waals surface area contributed by atoms with Crippen LogP contribution in [0.5, 0.6) is 0 Å². The Morgan fingerprint density at radius 2 is 2.09 bits per heavy atom. The van der Waals surface area contributed by atoms with Crippen LogP contribution in [0.4, 0.5) is 0 Å². The molecule has 5 nitrogen and oxygen atoms in total. The highest BCUT2D eigenvalue weighted by atomic mass is 16.5. The smallest absolute Gasteiger partial charge is 0.191 e. The van der Waals surface area contributed by atoms with Crippen LogP contribution in [0.25, 0.3) is 0 Å². The van der Waals surface area contributed by atoms with Gasteiger partial charge in [0.1, 0.15) is 0 Å². The molecule has 2 rings (SSSR count). The van der Waals surface area contributed by atoms with E-state index in [-0.39, 0.29) is 0 Å². The van der Waals surface area contributed by atoms with Crippen LogP contribution in [0, 0.1) is 11.3 Å². The maximum atomic E-state index is 5.32. The summed E-state index contributed by atoms with van der Waals surface area (Å²) in [6.07, 6.45) is 7.72. The highest BCUT2D eigenvalue weighted by Gasteiger charge is 2.33. The van der Waals surface area contributed by atoms with Crippen molar-refractivity contribution in [2.24, 2.45) is 16.3 Å². The van der Waals surface area contributed by atoms with E-state index in [2.05, 4.69) is 29.5 Å². The van der Waals surface area contributed by atoms with Gasteiger partial charge in [0.25, 0.3) is 0 Å². The summed E-state index contributed by atoms with van der Waals surface area (Å²) in [5.41, 5.74) is 0.367. The van der Waals surface area contributed by atoms with Crippen molar-refractivity contribution in [1.29, 1.82) is 0 Å². The van der Waals surface area contributed by atoms with Crippen molar-refractivity contribution in [2.45, 2.75) is 45.4 Å². The van der Waals surface area contributed by atoms with Crippen molar-refractivity contribution in [1.82, 2.24) is 15.5 Å². The fourth-order valence-electron chi connectivity index (χ4n) is 3.95. The SMILES string of the molecule is CCNC(=NCC1(CCOC)CCCC1)NCC1CCN(C)C1. The van der Waals surface area contributed by atoms with E-state index < -0.39 is 0 Å². The minimum absolute atomic E-state index is 0.367. The van der Waals surface area contributed by atoms with Gasteiger partial charge in [-0.2, -0.15) is 0 Å². The monoisotopic (exact) mass is 324 g/mol. The van der Waals surface area contributed by atoms with Crippen molar-refractivity contribution < 1.29 is 4.74 Å². The molecule has 1 saturated carbocycles. The molecule has 0 aromatic rings. The lowest BCUT2D eigenvalue weighted by Gasteiger charge is -2.27. The van der Waals surface area contributed by atoms with Crippen molar-refractivity contribution in [3.8, 4) is 0 Å². The summed E-state index contributed by atoms with van der Waals surface area (Å²) in [6.45, 7) is 8.29. The molecule has 2 fully saturated rings. The van der Waals surface area contributed by atoms with E-state index in [1.165, 1.54) is 45.2 Å². The highest BCUT2D eigenvalue weighted by molar-refractivity contribution is 5.79. The summed E-state index contributed by atoms with van der Waals surface area (Å²) < 4.78 is 5.32. The average Bonchev–Trinajstić information content (AvgIpc) is 3.18. The molecule has 1 aliphatic heterocycles. The highest BCUT2D eigenvalue weighted by Crippen LogP contribution is 2.41. The number of aliphatic imine (C=N–C) groups is 1. The van der Waals surface area contributed by atoms with E-state index >= 15 is 0 Å². The Morgan fingerprint density at radius 3 is 2.70 bits per heavy atom. The molecule has 23 heavy (non-hydrogen) atoms. The van der Waals surface area contributed by atoms with Gasteiger partial charge in [-0.1, -0.05) is 12.8 Å². The van der Waals surface area contributed by atoms with Gasteiger partial charge in [0.05, 0.1) is 0 Å². The second kappa shape index (κ2) is 9.48. The number of nitrogens with zero attached hydrogens (tertiary/aromatic N) is 2. The van der Waals surface area contributed by atoms with E-state index in [1.807, 2.05) is 0 Å². The molecule has 1 aliphatic carbocycles. The lowest BCUT2D eigenvalue weighted by molar-refractivity contribution is 0.141. The largest absolute Gasteiger partial charge is 0.385 e. The molecule has 1 atom stereocenters. The third-order valence-electron chi connectivity index (χ3n) is 5.46. The quantitative estimate of drug-likeness (QED) is 0.530. The zero-order chi connectivity index (χ0) is 16.5. The summed E-state index contributed by atoms with van der Waals surface area (Å²) in [7, 11) is 4.01. The van der Waals surface area contributed by atoms with Crippen LogP contribution in [0.1, 0.15) is 45.4 Å². The molecule has 1 saturated heterocycles. The molecule has 0 amide bonds. The summed E-state index contributed by atoms with van der Waals surface area (Å²) in [6, 6.07) is 0. The zero-order valence-electron chi connectivity index (χ0n) is 15.4. The average molecular weight is 325 g/mol. The number of methoxy groups -OCH3 is 1. The van der Waals surface area contributed by atoms with Crippen LogP contribution in [0.2, 0.25) is 0 Å². The van der Waals surface area contributed by atoms with Gasteiger partial charge in [0.2, 0.25) is 0 Å². The van der Waals surface area contributed by atoms with Gasteiger partial charge in [-0.25, -0.2) is 0 Å². The molecule has 0 bridgehead atoms. The number of ether oxygens (including phenoxy) is 1. The number of hydrogen-bond donors (Lipinski definition) is 2. The number of rotatable bonds is 8. The van der Waals surface area contributed by atoms with Gasteiger partial charge < -0.3 is 20.3 Å². The van der Waals surface area contributed by atoms with Crippen LogP contribution in [0.3, 0.4) is 0 Å². The Labute approximate surface area is 142 Å². The molecular formula is C18H36N4O. The van der Waals surface area contributed by atoms with Crippen LogP contribution in [-0.4, -0.2) is 64.3 Å².